The third-order valence-corrected chi connectivity index (χ3v) is 3.79. The summed E-state index contributed by atoms with van der Waals surface area (Å²) in [6.07, 6.45) is 3.98. The fourth-order valence-corrected chi connectivity index (χ4v) is 2.46. The third-order valence-electron chi connectivity index (χ3n) is 3.79. The lowest BCUT2D eigenvalue weighted by Gasteiger charge is -2.06. The zero-order chi connectivity index (χ0) is 15.8. The van der Waals surface area contributed by atoms with Crippen molar-refractivity contribution in [3.63, 3.8) is 0 Å². The number of aryl methyl sites for hydroxylation is 2. The van der Waals surface area contributed by atoms with Crippen LogP contribution >= 0.6 is 0 Å². The van der Waals surface area contributed by atoms with Crippen LogP contribution in [0.25, 0.3) is 11.1 Å². The zero-order valence-electron chi connectivity index (χ0n) is 13.0. The minimum absolute atomic E-state index is 0.383. The van der Waals surface area contributed by atoms with Gasteiger partial charge in [0.1, 0.15) is 0 Å². The molecule has 22 heavy (non-hydrogen) atoms. The van der Waals surface area contributed by atoms with Gasteiger partial charge in [0.2, 0.25) is 0 Å². The molecule has 0 saturated heterocycles. The summed E-state index contributed by atoms with van der Waals surface area (Å²) in [5, 5.41) is 0. The van der Waals surface area contributed by atoms with E-state index in [9.17, 15) is 8.78 Å². The molecule has 0 heterocycles. The molecule has 0 saturated carbocycles. The minimum atomic E-state index is -1.60. The van der Waals surface area contributed by atoms with Crippen LogP contribution in [-0.2, 0) is 12.8 Å². The van der Waals surface area contributed by atoms with E-state index in [4.69, 9.17) is 0 Å². The van der Waals surface area contributed by atoms with Gasteiger partial charge in [0.15, 0.2) is 0 Å². The van der Waals surface area contributed by atoms with Gasteiger partial charge in [-0.1, -0.05) is 61.9 Å². The Morgan fingerprint density at radius 1 is 0.818 bits per heavy atom. The lowest BCUT2D eigenvalue weighted by Crippen LogP contribution is -1.86. The third kappa shape index (κ3) is 5.10. The summed E-state index contributed by atoms with van der Waals surface area (Å²) in [6, 6.07) is 16.8. The number of unbranched alkanes of at least 4 members (excludes halogenated alkanes) is 1. The van der Waals surface area contributed by atoms with Crippen molar-refractivity contribution in [2.75, 3.05) is 0 Å². The molecule has 0 radical (unpaired) electrons. The average Bonchev–Trinajstić information content (AvgIpc) is 2.54. The largest absolute Gasteiger partial charge is 0.266 e. The maximum atomic E-state index is 12.0. The zero-order valence-corrected chi connectivity index (χ0v) is 13.0. The van der Waals surface area contributed by atoms with E-state index in [1.807, 2.05) is 12.1 Å². The van der Waals surface area contributed by atoms with Gasteiger partial charge < -0.3 is 0 Å². The lowest BCUT2D eigenvalue weighted by atomic mass is 10.00. The Kier molecular flexibility index (Phi) is 6.32. The predicted octanol–water partition coefficient (Wildman–Crippen LogP) is 6.41. The van der Waals surface area contributed by atoms with Crippen LogP contribution in [0.5, 0.6) is 0 Å². The summed E-state index contributed by atoms with van der Waals surface area (Å²) >= 11 is 0. The second-order valence-electron chi connectivity index (χ2n) is 5.53. The number of hydrogen-bond acceptors (Lipinski definition) is 0. The van der Waals surface area contributed by atoms with E-state index >= 15 is 0 Å². The maximum Gasteiger partial charge on any atom is 0.266 e. The molecule has 0 aliphatic rings. The quantitative estimate of drug-likeness (QED) is 0.554. The van der Waals surface area contributed by atoms with Gasteiger partial charge in [0.05, 0.1) is 0 Å². The van der Waals surface area contributed by atoms with Gasteiger partial charge in [-0.05, 0) is 54.0 Å². The number of benzene rings is 2. The highest BCUT2D eigenvalue weighted by atomic mass is 19.3. The summed E-state index contributed by atoms with van der Waals surface area (Å²) in [5.74, 6) is 0. The molecule has 0 aromatic heterocycles. The Hall–Kier alpha value is -1.96. The Morgan fingerprint density at radius 3 is 1.77 bits per heavy atom. The number of hydrogen-bond donors (Lipinski definition) is 0. The highest BCUT2D eigenvalue weighted by molar-refractivity contribution is 5.63. The first-order valence-corrected chi connectivity index (χ1v) is 7.88. The maximum absolute atomic E-state index is 12.0. The summed E-state index contributed by atoms with van der Waals surface area (Å²) < 4.78 is 24.0. The molecule has 2 aromatic carbocycles. The van der Waals surface area contributed by atoms with Crippen molar-refractivity contribution in [1.29, 1.82) is 0 Å². The van der Waals surface area contributed by atoms with E-state index in [2.05, 4.69) is 43.3 Å². The normalized spacial score (nSPS) is 10.5. The minimum Gasteiger partial charge on any atom is -0.174 e. The monoisotopic (exact) mass is 300 g/mol. The first kappa shape index (κ1) is 16.4. The topological polar surface area (TPSA) is 0 Å². The molecule has 0 unspecified atom stereocenters. The summed E-state index contributed by atoms with van der Waals surface area (Å²) in [6.45, 7) is 2.20. The van der Waals surface area contributed by atoms with Crippen LogP contribution in [0.4, 0.5) is 8.78 Å². The van der Waals surface area contributed by atoms with Crippen molar-refractivity contribution in [1.82, 2.24) is 0 Å². The molecule has 0 spiro atoms. The Labute approximate surface area is 131 Å². The summed E-state index contributed by atoms with van der Waals surface area (Å²) in [5.41, 5.74) is 4.82. The predicted molar refractivity (Wildman–Crippen MR) is 89.1 cm³/mol. The van der Waals surface area contributed by atoms with Crippen molar-refractivity contribution >= 4 is 0 Å². The van der Waals surface area contributed by atoms with Crippen molar-refractivity contribution in [3.05, 3.63) is 71.8 Å². The molecule has 0 aliphatic carbocycles. The van der Waals surface area contributed by atoms with Crippen LogP contribution in [0.2, 0.25) is 0 Å². The van der Waals surface area contributed by atoms with Crippen LogP contribution < -0.4 is 0 Å². The Morgan fingerprint density at radius 2 is 1.32 bits per heavy atom. The van der Waals surface area contributed by atoms with E-state index < -0.39 is 6.08 Å². The summed E-state index contributed by atoms with van der Waals surface area (Å²) in [4.78, 5) is 0. The molecule has 0 nitrogen and oxygen atoms in total. The number of allylic oxidation sites excluding steroid dienone is 1. The molecular weight excluding hydrogens is 278 g/mol. The first-order valence-electron chi connectivity index (χ1n) is 7.88. The van der Waals surface area contributed by atoms with Crippen molar-refractivity contribution in [2.45, 2.75) is 39.0 Å². The van der Waals surface area contributed by atoms with Crippen molar-refractivity contribution in [3.8, 4) is 11.1 Å². The van der Waals surface area contributed by atoms with Gasteiger partial charge in [0.25, 0.3) is 6.08 Å². The van der Waals surface area contributed by atoms with Gasteiger partial charge in [-0.3, -0.25) is 0 Å². The second-order valence-corrected chi connectivity index (χ2v) is 5.53. The average molecular weight is 300 g/mol. The lowest BCUT2D eigenvalue weighted by molar-refractivity contribution is 0.417. The molecular formula is C20H22F2. The van der Waals surface area contributed by atoms with E-state index in [1.165, 1.54) is 24.0 Å². The molecule has 2 heteroatoms. The molecule has 0 amide bonds. The van der Waals surface area contributed by atoms with Gasteiger partial charge >= 0.3 is 0 Å². The smallest absolute Gasteiger partial charge is 0.174 e. The molecule has 2 aromatic rings. The van der Waals surface area contributed by atoms with Gasteiger partial charge in [-0.2, -0.15) is 8.78 Å². The van der Waals surface area contributed by atoms with E-state index in [-0.39, 0.29) is 0 Å². The van der Waals surface area contributed by atoms with Crippen LogP contribution in [-0.4, -0.2) is 0 Å². The molecule has 0 bridgehead atoms. The fraction of sp³-hybridized carbons (Fsp3) is 0.300. The second kappa shape index (κ2) is 8.47. The molecule has 0 fully saturated rings. The van der Waals surface area contributed by atoms with Crippen molar-refractivity contribution < 1.29 is 8.78 Å². The standard InChI is InChI=1S/C20H22F2/c1-2-3-5-16-8-12-18(13-9-16)19-14-10-17(11-15-19)6-4-7-20(21)22/h7-15H,2-6H2,1H3. The molecule has 2 rings (SSSR count). The van der Waals surface area contributed by atoms with Crippen molar-refractivity contribution in [2.24, 2.45) is 0 Å². The van der Waals surface area contributed by atoms with Crippen LogP contribution in [0.1, 0.15) is 37.3 Å². The van der Waals surface area contributed by atoms with Crippen LogP contribution in [0.15, 0.2) is 60.7 Å². The summed E-state index contributed by atoms with van der Waals surface area (Å²) in [7, 11) is 0. The Bertz CT molecular complexity index is 591. The van der Waals surface area contributed by atoms with Gasteiger partial charge in [-0.25, -0.2) is 0 Å². The number of rotatable bonds is 7. The fourth-order valence-electron chi connectivity index (χ4n) is 2.46. The Balaban J connectivity index is 1.99. The molecule has 0 atom stereocenters. The van der Waals surface area contributed by atoms with Crippen LogP contribution in [0.3, 0.4) is 0 Å². The molecule has 0 aliphatic heterocycles. The van der Waals surface area contributed by atoms with Gasteiger partial charge in [-0.15, -0.1) is 0 Å². The highest BCUT2D eigenvalue weighted by Gasteiger charge is 2.00. The molecule has 116 valence electrons. The van der Waals surface area contributed by atoms with Gasteiger partial charge in [0, 0.05) is 0 Å². The van der Waals surface area contributed by atoms with E-state index in [1.54, 1.807) is 0 Å². The highest BCUT2D eigenvalue weighted by Crippen LogP contribution is 2.21. The van der Waals surface area contributed by atoms with Crippen LogP contribution in [0, 0.1) is 0 Å². The first-order chi connectivity index (χ1) is 10.7. The molecule has 0 N–H and O–H groups in total. The van der Waals surface area contributed by atoms with E-state index in [0.717, 1.165) is 23.6 Å². The SMILES string of the molecule is CCCCc1ccc(-c2ccc(CCC=C(F)F)cc2)cc1. The van der Waals surface area contributed by atoms with E-state index in [0.29, 0.717) is 12.8 Å². The number of halogens is 2.